The van der Waals surface area contributed by atoms with Gasteiger partial charge in [0.15, 0.2) is 0 Å². The number of carbonyl (C=O) groups excluding carboxylic acids is 1. The number of ether oxygens (including phenoxy) is 1. The molecule has 0 saturated carbocycles. The Morgan fingerprint density at radius 1 is 1.45 bits per heavy atom. The zero-order valence-electron chi connectivity index (χ0n) is 11.7. The average Bonchev–Trinajstić information content (AvgIpc) is 3.03. The van der Waals surface area contributed by atoms with Crippen LogP contribution in [0, 0.1) is 0 Å². The van der Waals surface area contributed by atoms with Crippen LogP contribution in [0.5, 0.6) is 0 Å². The fourth-order valence-corrected chi connectivity index (χ4v) is 3.09. The first-order chi connectivity index (χ1) is 9.67. The number of rotatable bonds is 4. The second-order valence-corrected chi connectivity index (χ2v) is 5.52. The Bertz CT molecular complexity index is 518. The predicted molar refractivity (Wildman–Crippen MR) is 78.8 cm³/mol. The Hall–Kier alpha value is -1.75. The molecule has 2 aliphatic rings. The van der Waals surface area contributed by atoms with Gasteiger partial charge in [-0.2, -0.15) is 0 Å². The summed E-state index contributed by atoms with van der Waals surface area (Å²) in [5.74, 6) is -0.0889. The summed E-state index contributed by atoms with van der Waals surface area (Å²) < 4.78 is 5.82. The molecule has 3 atom stereocenters. The van der Waals surface area contributed by atoms with Crippen LogP contribution in [-0.4, -0.2) is 30.7 Å². The van der Waals surface area contributed by atoms with E-state index in [9.17, 15) is 4.79 Å². The van der Waals surface area contributed by atoms with E-state index in [1.807, 2.05) is 13.0 Å². The molecule has 0 aromatic heterocycles. The molecule has 108 valence electrons. The molecule has 3 rings (SSSR count). The fourth-order valence-electron chi connectivity index (χ4n) is 3.09. The van der Waals surface area contributed by atoms with Gasteiger partial charge in [-0.15, -0.1) is 0 Å². The van der Waals surface area contributed by atoms with Gasteiger partial charge in [0, 0.05) is 12.1 Å². The Morgan fingerprint density at radius 3 is 2.90 bits per heavy atom. The van der Waals surface area contributed by atoms with Crippen LogP contribution in [0.4, 0.5) is 11.4 Å². The molecule has 4 N–H and O–H groups in total. The summed E-state index contributed by atoms with van der Waals surface area (Å²) in [6, 6.07) is 5.75. The highest BCUT2D eigenvalue weighted by molar-refractivity contribution is 5.96. The van der Waals surface area contributed by atoms with E-state index in [0.717, 1.165) is 18.5 Å². The maximum Gasteiger partial charge on any atom is 0.251 e. The molecule has 0 radical (unpaired) electrons. The quantitative estimate of drug-likeness (QED) is 0.732. The Kier molecular flexibility index (Phi) is 3.53. The summed E-state index contributed by atoms with van der Waals surface area (Å²) in [6.45, 7) is 2.51. The van der Waals surface area contributed by atoms with E-state index in [4.69, 9.17) is 10.5 Å². The van der Waals surface area contributed by atoms with Crippen LogP contribution in [0.1, 0.15) is 36.5 Å². The lowest BCUT2D eigenvalue weighted by molar-refractivity contribution is 0.0955. The first kappa shape index (κ1) is 13.2. The molecule has 1 aromatic carbocycles. The summed E-state index contributed by atoms with van der Waals surface area (Å²) in [6.07, 6.45) is 4.06. The monoisotopic (exact) mass is 275 g/mol. The number of nitrogens with two attached hydrogens (primary N) is 1. The van der Waals surface area contributed by atoms with Crippen LogP contribution in [0.3, 0.4) is 0 Å². The molecule has 0 aliphatic carbocycles. The van der Waals surface area contributed by atoms with Gasteiger partial charge in [0.05, 0.1) is 29.6 Å². The van der Waals surface area contributed by atoms with Crippen molar-refractivity contribution in [3.63, 3.8) is 0 Å². The number of hydrogen-bond acceptors (Lipinski definition) is 4. The highest BCUT2D eigenvalue weighted by Gasteiger charge is 2.40. The number of amides is 1. The molecule has 1 aromatic rings. The molecule has 0 spiro atoms. The molecule has 2 heterocycles. The van der Waals surface area contributed by atoms with E-state index in [2.05, 4.69) is 10.6 Å². The molecule has 20 heavy (non-hydrogen) atoms. The van der Waals surface area contributed by atoms with Crippen molar-refractivity contribution in [1.29, 1.82) is 0 Å². The normalized spacial score (nSPS) is 27.6. The molecular weight excluding hydrogens is 254 g/mol. The Balaban J connectivity index is 1.70. The number of fused-ring (bicyclic) bond motifs is 2. The third-order valence-electron chi connectivity index (χ3n) is 4.10. The van der Waals surface area contributed by atoms with Crippen molar-refractivity contribution < 1.29 is 9.53 Å². The molecular formula is C15H21N3O2. The largest absolute Gasteiger partial charge is 0.397 e. The summed E-state index contributed by atoms with van der Waals surface area (Å²) in [5, 5.41) is 6.23. The molecule has 2 aliphatic heterocycles. The van der Waals surface area contributed by atoms with E-state index in [-0.39, 0.29) is 5.91 Å². The van der Waals surface area contributed by atoms with Gasteiger partial charge in [-0.25, -0.2) is 0 Å². The average molecular weight is 275 g/mol. The minimum absolute atomic E-state index is 0.0889. The zero-order valence-corrected chi connectivity index (χ0v) is 11.7. The van der Waals surface area contributed by atoms with Gasteiger partial charge in [0.1, 0.15) is 0 Å². The summed E-state index contributed by atoms with van der Waals surface area (Å²) >= 11 is 0. The summed E-state index contributed by atoms with van der Waals surface area (Å²) in [4.78, 5) is 11.7. The van der Waals surface area contributed by atoms with Crippen molar-refractivity contribution >= 4 is 17.3 Å². The third kappa shape index (κ3) is 2.45. The van der Waals surface area contributed by atoms with Gasteiger partial charge in [0.2, 0.25) is 0 Å². The number of anilines is 2. The predicted octanol–water partition coefficient (Wildman–Crippen LogP) is 1.75. The standard InChI is InChI=1S/C15H21N3O2/c1-2-17-15(19)9-3-5-12(11(16)7-9)18-13-8-10-4-6-14(13)20-10/h3,5,7,10,13-14,18H,2,4,6,8,16H2,1H3,(H,17,19). The number of nitrogen functional groups attached to an aromatic ring is 1. The maximum atomic E-state index is 11.7. The van der Waals surface area contributed by atoms with Gasteiger partial charge in [-0.05, 0) is 44.4 Å². The van der Waals surface area contributed by atoms with Crippen LogP contribution in [0.2, 0.25) is 0 Å². The number of hydrogen-bond donors (Lipinski definition) is 3. The van der Waals surface area contributed by atoms with Gasteiger partial charge in [-0.1, -0.05) is 0 Å². The van der Waals surface area contributed by atoms with E-state index in [1.165, 1.54) is 6.42 Å². The summed E-state index contributed by atoms with van der Waals surface area (Å²) in [7, 11) is 0. The van der Waals surface area contributed by atoms with E-state index < -0.39 is 0 Å². The maximum absolute atomic E-state index is 11.7. The Morgan fingerprint density at radius 2 is 2.30 bits per heavy atom. The zero-order chi connectivity index (χ0) is 14.1. The van der Waals surface area contributed by atoms with Crippen molar-refractivity contribution in [3.8, 4) is 0 Å². The van der Waals surface area contributed by atoms with Crippen LogP contribution in [-0.2, 0) is 4.74 Å². The Labute approximate surface area is 118 Å². The summed E-state index contributed by atoms with van der Waals surface area (Å²) in [5.41, 5.74) is 8.14. The number of benzene rings is 1. The van der Waals surface area contributed by atoms with Crippen LogP contribution in [0.15, 0.2) is 18.2 Å². The highest BCUT2D eigenvalue weighted by Crippen LogP contribution is 2.36. The SMILES string of the molecule is CCNC(=O)c1ccc(NC2CC3CCC2O3)c(N)c1. The van der Waals surface area contributed by atoms with Crippen molar-refractivity contribution in [1.82, 2.24) is 5.32 Å². The minimum Gasteiger partial charge on any atom is -0.397 e. The first-order valence-electron chi connectivity index (χ1n) is 7.27. The number of nitrogens with one attached hydrogen (secondary N) is 2. The topological polar surface area (TPSA) is 76.4 Å². The molecule has 3 unspecified atom stereocenters. The lowest BCUT2D eigenvalue weighted by Gasteiger charge is -2.22. The van der Waals surface area contributed by atoms with Gasteiger partial charge in [-0.3, -0.25) is 4.79 Å². The van der Waals surface area contributed by atoms with Crippen molar-refractivity contribution in [2.75, 3.05) is 17.6 Å². The second kappa shape index (κ2) is 5.32. The van der Waals surface area contributed by atoms with Crippen LogP contribution < -0.4 is 16.4 Å². The van der Waals surface area contributed by atoms with Gasteiger partial charge in [0.25, 0.3) is 5.91 Å². The molecule has 5 nitrogen and oxygen atoms in total. The third-order valence-corrected chi connectivity index (χ3v) is 4.10. The molecule has 2 fully saturated rings. The first-order valence-corrected chi connectivity index (χ1v) is 7.27. The lowest BCUT2D eigenvalue weighted by atomic mass is 9.95. The van der Waals surface area contributed by atoms with Gasteiger partial charge < -0.3 is 21.1 Å². The van der Waals surface area contributed by atoms with Crippen molar-refractivity contribution in [3.05, 3.63) is 23.8 Å². The number of carbonyl (C=O) groups is 1. The smallest absolute Gasteiger partial charge is 0.251 e. The molecule has 2 saturated heterocycles. The van der Waals surface area contributed by atoms with Crippen LogP contribution >= 0.6 is 0 Å². The molecule has 1 amide bonds. The highest BCUT2D eigenvalue weighted by atomic mass is 16.5. The van der Waals surface area contributed by atoms with E-state index in [0.29, 0.717) is 36.0 Å². The van der Waals surface area contributed by atoms with E-state index >= 15 is 0 Å². The van der Waals surface area contributed by atoms with Crippen molar-refractivity contribution in [2.24, 2.45) is 0 Å². The molecule has 2 bridgehead atoms. The lowest BCUT2D eigenvalue weighted by Crippen LogP contribution is -2.30. The fraction of sp³-hybridized carbons (Fsp3) is 0.533. The van der Waals surface area contributed by atoms with E-state index in [1.54, 1.807) is 12.1 Å². The second-order valence-electron chi connectivity index (χ2n) is 5.52. The van der Waals surface area contributed by atoms with Crippen molar-refractivity contribution in [2.45, 2.75) is 44.4 Å². The minimum atomic E-state index is -0.0889. The van der Waals surface area contributed by atoms with Crippen LogP contribution in [0.25, 0.3) is 0 Å². The van der Waals surface area contributed by atoms with Gasteiger partial charge >= 0.3 is 0 Å². The molecule has 5 heteroatoms.